The fourth-order valence-corrected chi connectivity index (χ4v) is 7.99. The molecule has 0 bridgehead atoms. The third kappa shape index (κ3) is 3.51. The van der Waals surface area contributed by atoms with Crippen molar-refractivity contribution in [3.63, 3.8) is 0 Å². The van der Waals surface area contributed by atoms with Crippen LogP contribution in [0.4, 0.5) is 5.69 Å². The van der Waals surface area contributed by atoms with E-state index < -0.39 is 0 Å². The smallest absolute Gasteiger partial charge is 0.188 e. The zero-order valence-corrected chi connectivity index (χ0v) is 24.4. The van der Waals surface area contributed by atoms with Crippen LogP contribution in [0.2, 0.25) is 0 Å². The highest BCUT2D eigenvalue weighted by molar-refractivity contribution is 7.26. The highest BCUT2D eigenvalue weighted by atomic mass is 32.1. The first-order valence-electron chi connectivity index (χ1n) is 14.4. The fourth-order valence-electron chi connectivity index (χ4n) is 6.87. The maximum atomic E-state index is 9.62. The molecular weight excluding hydrogens is 571 g/mol. The van der Waals surface area contributed by atoms with Crippen LogP contribution in [-0.2, 0) is 0 Å². The average molecular weight is 590 g/mol. The lowest BCUT2D eigenvalue weighted by atomic mass is 10.1. The Labute approximate surface area is 261 Å². The number of benzene rings is 6. The van der Waals surface area contributed by atoms with Crippen LogP contribution in [0.15, 0.2) is 115 Å². The summed E-state index contributed by atoms with van der Waals surface area (Å²) in [6.07, 6.45) is 0. The van der Waals surface area contributed by atoms with E-state index in [4.69, 9.17) is 6.57 Å². The monoisotopic (exact) mass is 589 g/mol. The van der Waals surface area contributed by atoms with Gasteiger partial charge in [0.25, 0.3) is 0 Å². The maximum absolute atomic E-state index is 9.62. The molecule has 9 rings (SSSR count). The van der Waals surface area contributed by atoms with Crippen molar-refractivity contribution in [1.29, 1.82) is 10.5 Å². The van der Waals surface area contributed by atoms with Crippen LogP contribution in [0, 0.1) is 29.2 Å². The molecule has 9 aromatic rings. The first-order chi connectivity index (χ1) is 22.2. The van der Waals surface area contributed by atoms with Gasteiger partial charge in [0.1, 0.15) is 0 Å². The lowest BCUT2D eigenvalue weighted by Gasteiger charge is -2.13. The third-order valence-corrected chi connectivity index (χ3v) is 9.89. The molecule has 0 spiro atoms. The topological polar surface area (TPSA) is 61.8 Å². The highest BCUT2D eigenvalue weighted by Gasteiger charge is 2.19. The van der Waals surface area contributed by atoms with Crippen molar-refractivity contribution in [2.75, 3.05) is 0 Å². The Balaban J connectivity index is 1.37. The summed E-state index contributed by atoms with van der Waals surface area (Å²) in [7, 11) is 0. The van der Waals surface area contributed by atoms with Crippen LogP contribution in [0.25, 0.3) is 80.0 Å². The van der Waals surface area contributed by atoms with E-state index >= 15 is 0 Å². The average Bonchev–Trinajstić information content (AvgIpc) is 3.74. The summed E-state index contributed by atoms with van der Waals surface area (Å²) in [6, 6.07) is 43.3. The standard InChI is InChI=1S/C39H19N5S/c1-42-25-11-14-34-31(19-25)38-35(15-16-37-39(38)28-7-2-3-8-36(28)45-37)44(34)27-6-4-5-26(20-27)43-32-12-9-23(21-40)17-29(32)30-18-24(22-41)10-13-33(30)43/h2-20H. The minimum Gasteiger partial charge on any atom is -0.309 e. The summed E-state index contributed by atoms with van der Waals surface area (Å²) in [6.45, 7) is 7.74. The van der Waals surface area contributed by atoms with Crippen LogP contribution >= 0.6 is 11.3 Å². The second kappa shape index (κ2) is 9.30. The van der Waals surface area contributed by atoms with Gasteiger partial charge in [0, 0.05) is 47.7 Å². The molecule has 206 valence electrons. The number of nitrogens with zero attached hydrogens (tertiary/aromatic N) is 5. The first-order valence-corrected chi connectivity index (χ1v) is 15.2. The van der Waals surface area contributed by atoms with Crippen LogP contribution in [0.1, 0.15) is 11.1 Å². The molecule has 0 amide bonds. The maximum Gasteiger partial charge on any atom is 0.188 e. The van der Waals surface area contributed by atoms with E-state index in [9.17, 15) is 10.5 Å². The van der Waals surface area contributed by atoms with Crippen molar-refractivity contribution in [2.45, 2.75) is 0 Å². The number of thiophene rings is 1. The van der Waals surface area contributed by atoms with E-state index in [0.29, 0.717) is 16.8 Å². The normalized spacial score (nSPS) is 11.5. The van der Waals surface area contributed by atoms with E-state index in [0.717, 1.165) is 55.0 Å². The number of rotatable bonds is 2. The Morgan fingerprint density at radius 2 is 1.16 bits per heavy atom. The van der Waals surface area contributed by atoms with Crippen LogP contribution in [0.5, 0.6) is 0 Å². The van der Waals surface area contributed by atoms with Crippen LogP contribution in [-0.4, -0.2) is 9.13 Å². The Morgan fingerprint density at radius 1 is 0.533 bits per heavy atom. The van der Waals surface area contributed by atoms with Crippen molar-refractivity contribution in [1.82, 2.24) is 9.13 Å². The van der Waals surface area contributed by atoms with Gasteiger partial charge in [-0.05, 0) is 90.3 Å². The van der Waals surface area contributed by atoms with E-state index in [2.05, 4.69) is 92.8 Å². The summed E-state index contributed by atoms with van der Waals surface area (Å²) in [5.74, 6) is 0. The molecule has 3 aromatic heterocycles. The van der Waals surface area contributed by atoms with E-state index in [1.165, 1.54) is 20.2 Å². The lowest BCUT2D eigenvalue weighted by Crippen LogP contribution is -1.98. The molecule has 0 atom stereocenters. The fraction of sp³-hybridized carbons (Fsp3) is 0. The quantitative estimate of drug-likeness (QED) is 0.188. The molecule has 0 aliphatic heterocycles. The van der Waals surface area contributed by atoms with Gasteiger partial charge in [0.2, 0.25) is 0 Å². The van der Waals surface area contributed by atoms with E-state index in [-0.39, 0.29) is 0 Å². The molecule has 3 heterocycles. The van der Waals surface area contributed by atoms with Gasteiger partial charge in [-0.2, -0.15) is 10.5 Å². The molecule has 0 N–H and O–H groups in total. The van der Waals surface area contributed by atoms with Gasteiger partial charge in [-0.1, -0.05) is 30.3 Å². The van der Waals surface area contributed by atoms with Crippen LogP contribution < -0.4 is 0 Å². The summed E-state index contributed by atoms with van der Waals surface area (Å²) < 4.78 is 6.97. The summed E-state index contributed by atoms with van der Waals surface area (Å²) in [4.78, 5) is 3.77. The molecule has 0 aliphatic carbocycles. The Hall–Kier alpha value is -6.39. The zero-order chi connectivity index (χ0) is 30.2. The minimum absolute atomic E-state index is 0.578. The lowest BCUT2D eigenvalue weighted by molar-refractivity contribution is 1.13. The molecular formula is C39H19N5S. The van der Waals surface area contributed by atoms with Gasteiger partial charge in [-0.3, -0.25) is 0 Å². The first kappa shape index (κ1) is 25.1. The molecule has 6 aromatic carbocycles. The predicted molar refractivity (Wildman–Crippen MR) is 184 cm³/mol. The molecule has 6 heteroatoms. The van der Waals surface area contributed by atoms with Crippen LogP contribution in [0.3, 0.4) is 0 Å². The molecule has 0 unspecified atom stereocenters. The molecule has 5 nitrogen and oxygen atoms in total. The summed E-state index contributed by atoms with van der Waals surface area (Å²) >= 11 is 1.79. The van der Waals surface area contributed by atoms with Crippen molar-refractivity contribution in [3.05, 3.63) is 138 Å². The van der Waals surface area contributed by atoms with E-state index in [1.807, 2.05) is 48.5 Å². The van der Waals surface area contributed by atoms with Crippen molar-refractivity contribution in [3.8, 4) is 23.5 Å². The highest BCUT2D eigenvalue weighted by Crippen LogP contribution is 2.44. The number of hydrogen-bond donors (Lipinski definition) is 0. The van der Waals surface area contributed by atoms with Crippen molar-refractivity contribution >= 4 is 80.8 Å². The van der Waals surface area contributed by atoms with E-state index in [1.54, 1.807) is 11.3 Å². The molecule has 0 saturated heterocycles. The van der Waals surface area contributed by atoms with Gasteiger partial charge >= 0.3 is 0 Å². The number of aromatic nitrogens is 2. The number of nitriles is 2. The Morgan fingerprint density at radius 3 is 1.84 bits per heavy atom. The van der Waals surface area contributed by atoms with Crippen molar-refractivity contribution < 1.29 is 0 Å². The van der Waals surface area contributed by atoms with Gasteiger partial charge in [0.15, 0.2) is 5.69 Å². The summed E-state index contributed by atoms with van der Waals surface area (Å²) in [5, 5.41) is 25.8. The predicted octanol–water partition coefficient (Wildman–Crippen LogP) is 10.5. The summed E-state index contributed by atoms with van der Waals surface area (Å²) in [5.41, 5.74) is 7.79. The molecule has 0 aliphatic rings. The second-order valence-electron chi connectivity index (χ2n) is 11.1. The van der Waals surface area contributed by atoms with Gasteiger partial charge in [-0.25, -0.2) is 4.85 Å². The second-order valence-corrected chi connectivity index (χ2v) is 12.2. The molecule has 0 fully saturated rings. The molecule has 0 saturated carbocycles. The van der Waals surface area contributed by atoms with Gasteiger partial charge < -0.3 is 9.13 Å². The third-order valence-electron chi connectivity index (χ3n) is 8.75. The van der Waals surface area contributed by atoms with Crippen molar-refractivity contribution in [2.24, 2.45) is 0 Å². The van der Waals surface area contributed by atoms with Gasteiger partial charge in [0.05, 0.1) is 51.9 Å². The number of hydrogen-bond acceptors (Lipinski definition) is 3. The number of fused-ring (bicyclic) bond motifs is 10. The Kier molecular flexibility index (Phi) is 5.20. The molecule has 0 radical (unpaired) electrons. The zero-order valence-electron chi connectivity index (χ0n) is 23.6. The largest absolute Gasteiger partial charge is 0.309 e. The SMILES string of the molecule is [C-]#[N+]c1ccc2c(c1)c1c3c(ccc1n2-c1cccc(-n2c4ccc(C#N)cc4c4cc(C#N)ccc42)c1)sc1ccccc13. The molecule has 45 heavy (non-hydrogen) atoms. The Bertz CT molecular complexity index is 2790. The van der Waals surface area contributed by atoms with Gasteiger partial charge in [-0.15, -0.1) is 11.3 Å². The minimum atomic E-state index is 0.578.